The van der Waals surface area contributed by atoms with Crippen LogP contribution < -0.4 is 10.6 Å². The van der Waals surface area contributed by atoms with Crippen LogP contribution in [-0.2, 0) is 0 Å². The summed E-state index contributed by atoms with van der Waals surface area (Å²) in [6, 6.07) is 8.95. The van der Waals surface area contributed by atoms with E-state index in [2.05, 4.69) is 46.1 Å². The quantitative estimate of drug-likeness (QED) is 0.728. The molecule has 0 amide bonds. The molecule has 0 spiro atoms. The van der Waals surface area contributed by atoms with E-state index in [0.29, 0.717) is 12.0 Å². The number of aromatic amines is 1. The Bertz CT molecular complexity index is 485. The molecule has 16 heavy (non-hydrogen) atoms. The van der Waals surface area contributed by atoms with Gasteiger partial charge in [0.25, 0.3) is 0 Å². The molecular weight excluding hydrogens is 198 g/mol. The summed E-state index contributed by atoms with van der Waals surface area (Å²) >= 11 is 0. The predicted octanol–water partition coefficient (Wildman–Crippen LogP) is 1.65. The van der Waals surface area contributed by atoms with E-state index in [4.69, 9.17) is 0 Å². The van der Waals surface area contributed by atoms with Crippen LogP contribution in [0, 0.1) is 5.92 Å². The largest absolute Gasteiger partial charge is 0.361 e. The zero-order valence-corrected chi connectivity index (χ0v) is 9.46. The number of H-pyrrole nitrogens is 1. The van der Waals surface area contributed by atoms with Gasteiger partial charge in [-0.15, -0.1) is 0 Å². The molecule has 1 aromatic heterocycles. The Labute approximate surface area is 95.2 Å². The van der Waals surface area contributed by atoms with Crippen molar-refractivity contribution in [3.63, 3.8) is 0 Å². The molecule has 0 saturated carbocycles. The Morgan fingerprint density at radius 2 is 2.12 bits per heavy atom. The average molecular weight is 215 g/mol. The second-order valence-electron chi connectivity index (χ2n) is 4.47. The van der Waals surface area contributed by atoms with E-state index in [1.165, 1.54) is 16.5 Å². The zero-order chi connectivity index (χ0) is 11.0. The fourth-order valence-electron chi connectivity index (χ4n) is 2.54. The Hall–Kier alpha value is -1.32. The van der Waals surface area contributed by atoms with Gasteiger partial charge in [0.2, 0.25) is 0 Å². The molecule has 0 aliphatic carbocycles. The van der Waals surface area contributed by atoms with Gasteiger partial charge in [-0.3, -0.25) is 0 Å². The third-order valence-corrected chi connectivity index (χ3v) is 3.55. The van der Waals surface area contributed by atoms with Crippen LogP contribution in [0.2, 0.25) is 0 Å². The minimum Gasteiger partial charge on any atom is -0.361 e. The second kappa shape index (κ2) is 3.92. The molecule has 0 bridgehead atoms. The van der Waals surface area contributed by atoms with E-state index in [-0.39, 0.29) is 0 Å². The molecule has 1 unspecified atom stereocenters. The topological polar surface area (TPSA) is 39.9 Å². The first-order chi connectivity index (χ1) is 7.90. The number of rotatable bonds is 3. The van der Waals surface area contributed by atoms with E-state index in [1.807, 2.05) is 7.05 Å². The summed E-state index contributed by atoms with van der Waals surface area (Å²) in [7, 11) is 2.05. The van der Waals surface area contributed by atoms with Crippen LogP contribution in [0.25, 0.3) is 10.9 Å². The third-order valence-electron chi connectivity index (χ3n) is 3.55. The van der Waals surface area contributed by atoms with E-state index in [0.717, 1.165) is 13.1 Å². The fraction of sp³-hybridized carbons (Fsp3) is 0.385. The molecule has 1 atom stereocenters. The molecule has 2 heterocycles. The van der Waals surface area contributed by atoms with Gasteiger partial charge in [-0.2, -0.15) is 0 Å². The molecular formula is C13H17N3. The minimum absolute atomic E-state index is 0.456. The number of benzene rings is 1. The highest BCUT2D eigenvalue weighted by atomic mass is 15.0. The first-order valence-electron chi connectivity index (χ1n) is 5.84. The van der Waals surface area contributed by atoms with E-state index >= 15 is 0 Å². The fourth-order valence-corrected chi connectivity index (χ4v) is 2.54. The van der Waals surface area contributed by atoms with Crippen molar-refractivity contribution in [1.82, 2.24) is 15.6 Å². The number of fused-ring (bicyclic) bond motifs is 1. The van der Waals surface area contributed by atoms with Crippen LogP contribution >= 0.6 is 0 Å². The van der Waals surface area contributed by atoms with Crippen LogP contribution in [0.4, 0.5) is 0 Å². The number of hydrogen-bond acceptors (Lipinski definition) is 2. The Kier molecular flexibility index (Phi) is 2.42. The molecule has 3 N–H and O–H groups in total. The monoisotopic (exact) mass is 215 g/mol. The van der Waals surface area contributed by atoms with Gasteiger partial charge >= 0.3 is 0 Å². The maximum absolute atomic E-state index is 3.44. The van der Waals surface area contributed by atoms with Crippen LogP contribution in [0.5, 0.6) is 0 Å². The minimum atomic E-state index is 0.456. The van der Waals surface area contributed by atoms with Crippen molar-refractivity contribution in [2.75, 3.05) is 20.1 Å². The van der Waals surface area contributed by atoms with Gasteiger partial charge in [-0.25, -0.2) is 0 Å². The highest BCUT2D eigenvalue weighted by Crippen LogP contribution is 2.30. The third kappa shape index (κ3) is 1.44. The van der Waals surface area contributed by atoms with Gasteiger partial charge < -0.3 is 15.6 Å². The van der Waals surface area contributed by atoms with Crippen molar-refractivity contribution < 1.29 is 0 Å². The molecule has 1 fully saturated rings. The van der Waals surface area contributed by atoms with Gasteiger partial charge in [0, 0.05) is 42.1 Å². The van der Waals surface area contributed by atoms with Crippen LogP contribution in [0.15, 0.2) is 30.5 Å². The van der Waals surface area contributed by atoms with Gasteiger partial charge in [0.15, 0.2) is 0 Å². The molecule has 1 aliphatic rings. The molecule has 0 radical (unpaired) electrons. The predicted molar refractivity (Wildman–Crippen MR) is 66.5 cm³/mol. The zero-order valence-electron chi connectivity index (χ0n) is 9.46. The lowest BCUT2D eigenvalue weighted by atomic mass is 9.88. The summed E-state index contributed by atoms with van der Waals surface area (Å²) < 4.78 is 0. The Morgan fingerprint density at radius 1 is 1.31 bits per heavy atom. The maximum atomic E-state index is 3.44. The molecule has 3 nitrogen and oxygen atoms in total. The molecule has 2 aromatic rings. The van der Waals surface area contributed by atoms with Crippen LogP contribution in [0.1, 0.15) is 11.6 Å². The lowest BCUT2D eigenvalue weighted by molar-refractivity contribution is 0.269. The second-order valence-corrected chi connectivity index (χ2v) is 4.47. The summed E-state index contributed by atoms with van der Waals surface area (Å²) in [5.41, 5.74) is 2.62. The SMILES string of the molecule is CNC(c1c[nH]c2ccccc12)C1CNC1. The smallest absolute Gasteiger partial charge is 0.0457 e. The number of hydrogen-bond donors (Lipinski definition) is 3. The molecule has 1 aromatic carbocycles. The van der Waals surface area contributed by atoms with Crippen molar-refractivity contribution in [2.45, 2.75) is 6.04 Å². The van der Waals surface area contributed by atoms with Crippen molar-refractivity contribution in [1.29, 1.82) is 0 Å². The Morgan fingerprint density at radius 3 is 2.81 bits per heavy atom. The van der Waals surface area contributed by atoms with E-state index < -0.39 is 0 Å². The molecule has 84 valence electrons. The maximum Gasteiger partial charge on any atom is 0.0457 e. The van der Waals surface area contributed by atoms with Gasteiger partial charge in [0.1, 0.15) is 0 Å². The highest BCUT2D eigenvalue weighted by molar-refractivity contribution is 5.83. The van der Waals surface area contributed by atoms with Crippen molar-refractivity contribution in [3.8, 4) is 0 Å². The molecule has 1 saturated heterocycles. The number of aromatic nitrogens is 1. The van der Waals surface area contributed by atoms with Crippen LogP contribution in [0.3, 0.4) is 0 Å². The summed E-state index contributed by atoms with van der Waals surface area (Å²) in [5, 5.41) is 8.12. The van der Waals surface area contributed by atoms with Gasteiger partial charge in [-0.1, -0.05) is 18.2 Å². The number of para-hydroxylation sites is 1. The summed E-state index contributed by atoms with van der Waals surface area (Å²) in [6.45, 7) is 2.23. The highest BCUT2D eigenvalue weighted by Gasteiger charge is 2.28. The number of nitrogens with one attached hydrogen (secondary N) is 3. The van der Waals surface area contributed by atoms with Crippen molar-refractivity contribution in [3.05, 3.63) is 36.0 Å². The summed E-state index contributed by atoms with van der Waals surface area (Å²) in [5.74, 6) is 0.712. The van der Waals surface area contributed by atoms with Crippen LogP contribution in [-0.4, -0.2) is 25.1 Å². The average Bonchev–Trinajstić information content (AvgIpc) is 2.67. The lowest BCUT2D eigenvalue weighted by Crippen LogP contribution is -2.48. The standard InChI is InChI=1S/C13H17N3/c1-14-13(9-6-15-7-9)11-8-16-12-5-3-2-4-10(11)12/h2-5,8-9,13-16H,6-7H2,1H3. The molecule has 3 rings (SSSR count). The van der Waals surface area contributed by atoms with Gasteiger partial charge in [-0.05, 0) is 18.7 Å². The van der Waals surface area contributed by atoms with Crippen molar-refractivity contribution >= 4 is 10.9 Å². The Balaban J connectivity index is 2.02. The summed E-state index contributed by atoms with van der Waals surface area (Å²) in [4.78, 5) is 3.35. The van der Waals surface area contributed by atoms with E-state index in [9.17, 15) is 0 Å². The molecule has 3 heteroatoms. The normalized spacial score (nSPS) is 18.6. The summed E-state index contributed by atoms with van der Waals surface area (Å²) in [6.07, 6.45) is 2.14. The van der Waals surface area contributed by atoms with Gasteiger partial charge in [0.05, 0.1) is 0 Å². The lowest BCUT2D eigenvalue weighted by Gasteiger charge is -2.34. The van der Waals surface area contributed by atoms with Crippen molar-refractivity contribution in [2.24, 2.45) is 5.92 Å². The molecule has 1 aliphatic heterocycles. The first kappa shape index (κ1) is 9.87. The first-order valence-corrected chi connectivity index (χ1v) is 5.84. The van der Waals surface area contributed by atoms with E-state index in [1.54, 1.807) is 0 Å².